The fourth-order valence-corrected chi connectivity index (χ4v) is 3.50. The van der Waals surface area contributed by atoms with Crippen molar-refractivity contribution in [3.8, 4) is 0 Å². The van der Waals surface area contributed by atoms with Crippen molar-refractivity contribution in [2.45, 2.75) is 65.6 Å². The largest absolute Gasteiger partial charge is 0.352 e. The van der Waals surface area contributed by atoms with Crippen molar-refractivity contribution >= 4 is 35.0 Å². The molecule has 2 rings (SSSR count). The molecule has 0 bridgehead atoms. The van der Waals surface area contributed by atoms with Gasteiger partial charge in [0.05, 0.1) is 0 Å². The zero-order valence-corrected chi connectivity index (χ0v) is 19.6. The van der Waals surface area contributed by atoms with Crippen LogP contribution in [0.1, 0.15) is 50.3 Å². The van der Waals surface area contributed by atoms with Gasteiger partial charge in [-0.25, -0.2) is 0 Å². The number of carbonyl (C=O) groups is 2. The van der Waals surface area contributed by atoms with Crippen LogP contribution in [-0.4, -0.2) is 28.8 Å². The number of hydrogen-bond donors (Lipinski definition) is 1. The third-order valence-corrected chi connectivity index (χ3v) is 5.86. The van der Waals surface area contributed by atoms with E-state index in [2.05, 4.69) is 5.32 Å². The van der Waals surface area contributed by atoms with Crippen molar-refractivity contribution in [3.63, 3.8) is 0 Å². The minimum absolute atomic E-state index is 0.0450. The number of hydrogen-bond acceptors (Lipinski definition) is 2. The molecule has 0 aliphatic carbocycles. The van der Waals surface area contributed by atoms with E-state index >= 15 is 0 Å². The summed E-state index contributed by atoms with van der Waals surface area (Å²) in [5.41, 5.74) is 3.03. The van der Waals surface area contributed by atoms with E-state index in [9.17, 15) is 9.59 Å². The van der Waals surface area contributed by atoms with E-state index in [0.29, 0.717) is 22.9 Å². The summed E-state index contributed by atoms with van der Waals surface area (Å²) in [5.74, 6) is -0.258. The molecule has 0 aromatic heterocycles. The van der Waals surface area contributed by atoms with Gasteiger partial charge in [-0.15, -0.1) is 0 Å². The van der Waals surface area contributed by atoms with Crippen molar-refractivity contribution in [1.29, 1.82) is 0 Å². The molecule has 0 aliphatic heterocycles. The maximum Gasteiger partial charge on any atom is 0.242 e. The molecular formula is C24H30Cl2N2O2. The smallest absolute Gasteiger partial charge is 0.242 e. The molecule has 0 unspecified atom stereocenters. The van der Waals surface area contributed by atoms with Crippen LogP contribution in [0.5, 0.6) is 0 Å². The van der Waals surface area contributed by atoms with E-state index in [-0.39, 0.29) is 24.4 Å². The lowest BCUT2D eigenvalue weighted by Crippen LogP contribution is -2.49. The lowest BCUT2D eigenvalue weighted by Gasteiger charge is -2.30. The molecular weight excluding hydrogens is 419 g/mol. The minimum atomic E-state index is -0.615. The Bertz CT molecular complexity index is 868. The average molecular weight is 449 g/mol. The Hall–Kier alpha value is -2.04. The first-order chi connectivity index (χ1) is 14.2. The molecule has 0 spiro atoms. The van der Waals surface area contributed by atoms with Gasteiger partial charge in [0.15, 0.2) is 0 Å². The van der Waals surface area contributed by atoms with E-state index in [1.807, 2.05) is 45.0 Å². The van der Waals surface area contributed by atoms with E-state index in [0.717, 1.165) is 17.5 Å². The van der Waals surface area contributed by atoms with Crippen LogP contribution in [0.2, 0.25) is 10.0 Å². The molecule has 4 nitrogen and oxygen atoms in total. The number of rotatable bonds is 9. The highest BCUT2D eigenvalue weighted by atomic mass is 35.5. The van der Waals surface area contributed by atoms with Crippen LogP contribution in [0.4, 0.5) is 0 Å². The van der Waals surface area contributed by atoms with Crippen LogP contribution in [0.3, 0.4) is 0 Å². The summed E-state index contributed by atoms with van der Waals surface area (Å²) in [7, 11) is 0. The SMILES string of the molecule is CC[C@H](C)NC(=O)[C@@H](C)N(Cc1ccc(Cl)cc1Cl)C(=O)CCc1ccc(C)cc1. The summed E-state index contributed by atoms with van der Waals surface area (Å²) < 4.78 is 0. The highest BCUT2D eigenvalue weighted by Crippen LogP contribution is 2.23. The van der Waals surface area contributed by atoms with Crippen LogP contribution in [-0.2, 0) is 22.6 Å². The maximum absolute atomic E-state index is 13.1. The number of aryl methyl sites for hydroxylation is 2. The molecule has 2 atom stereocenters. The van der Waals surface area contributed by atoms with Gasteiger partial charge in [-0.05, 0) is 56.9 Å². The van der Waals surface area contributed by atoms with E-state index in [4.69, 9.17) is 23.2 Å². The zero-order chi connectivity index (χ0) is 22.3. The van der Waals surface area contributed by atoms with Crippen molar-refractivity contribution in [2.75, 3.05) is 0 Å². The Labute approximate surface area is 189 Å². The van der Waals surface area contributed by atoms with Gasteiger partial charge < -0.3 is 10.2 Å². The first-order valence-electron chi connectivity index (χ1n) is 10.3. The Morgan fingerprint density at radius 1 is 1.07 bits per heavy atom. The third kappa shape index (κ3) is 7.03. The van der Waals surface area contributed by atoms with Gasteiger partial charge in [0.1, 0.15) is 6.04 Å². The van der Waals surface area contributed by atoms with Crippen LogP contribution in [0, 0.1) is 6.92 Å². The van der Waals surface area contributed by atoms with Crippen molar-refractivity contribution < 1.29 is 9.59 Å². The van der Waals surface area contributed by atoms with Crippen molar-refractivity contribution in [3.05, 3.63) is 69.2 Å². The third-order valence-electron chi connectivity index (χ3n) is 5.27. The average Bonchev–Trinajstić information content (AvgIpc) is 2.72. The maximum atomic E-state index is 13.1. The molecule has 0 radical (unpaired) electrons. The molecule has 0 heterocycles. The molecule has 1 N–H and O–H groups in total. The van der Waals surface area contributed by atoms with E-state index in [1.165, 1.54) is 5.56 Å². The Balaban J connectivity index is 2.18. The van der Waals surface area contributed by atoms with E-state index < -0.39 is 6.04 Å². The second-order valence-corrected chi connectivity index (χ2v) is 8.58. The molecule has 2 aromatic carbocycles. The van der Waals surface area contributed by atoms with Gasteiger partial charge >= 0.3 is 0 Å². The van der Waals surface area contributed by atoms with Gasteiger partial charge in [-0.3, -0.25) is 9.59 Å². The number of nitrogens with zero attached hydrogens (tertiary/aromatic N) is 1. The standard InChI is InChI=1S/C24H30Cl2N2O2/c1-5-17(3)27-24(30)18(4)28(15-20-11-12-21(25)14-22(20)26)23(29)13-10-19-8-6-16(2)7-9-19/h6-9,11-12,14,17-18H,5,10,13,15H2,1-4H3,(H,27,30)/t17-,18+/m0/s1. The van der Waals surface area contributed by atoms with Gasteiger partial charge in [0, 0.05) is 29.1 Å². The summed E-state index contributed by atoms with van der Waals surface area (Å²) >= 11 is 12.3. The second kappa shape index (κ2) is 11.4. The summed E-state index contributed by atoms with van der Waals surface area (Å²) in [5, 5.41) is 3.98. The minimum Gasteiger partial charge on any atom is -0.352 e. The molecule has 30 heavy (non-hydrogen) atoms. The van der Waals surface area contributed by atoms with Gasteiger partial charge in [-0.2, -0.15) is 0 Å². The summed E-state index contributed by atoms with van der Waals surface area (Å²) in [4.78, 5) is 27.5. The van der Waals surface area contributed by atoms with Crippen molar-refractivity contribution in [2.24, 2.45) is 0 Å². The number of nitrogens with one attached hydrogen (secondary N) is 1. The predicted molar refractivity (Wildman–Crippen MR) is 124 cm³/mol. The normalized spacial score (nSPS) is 12.9. The fraction of sp³-hybridized carbons (Fsp3) is 0.417. The Morgan fingerprint density at radius 3 is 2.33 bits per heavy atom. The Morgan fingerprint density at radius 2 is 1.73 bits per heavy atom. The first-order valence-corrected chi connectivity index (χ1v) is 11.1. The summed E-state index contributed by atoms with van der Waals surface area (Å²) in [6, 6.07) is 12.7. The molecule has 2 amide bonds. The van der Waals surface area contributed by atoms with Crippen LogP contribution >= 0.6 is 23.2 Å². The Kier molecular flexibility index (Phi) is 9.19. The van der Waals surface area contributed by atoms with Gasteiger partial charge in [0.25, 0.3) is 0 Å². The molecule has 0 fully saturated rings. The molecule has 0 aliphatic rings. The lowest BCUT2D eigenvalue weighted by molar-refractivity contribution is -0.140. The van der Waals surface area contributed by atoms with Gasteiger partial charge in [-0.1, -0.05) is 66.0 Å². The molecule has 0 saturated heterocycles. The monoisotopic (exact) mass is 448 g/mol. The number of benzene rings is 2. The van der Waals surface area contributed by atoms with Crippen molar-refractivity contribution in [1.82, 2.24) is 10.2 Å². The predicted octanol–water partition coefficient (Wildman–Crippen LogP) is 5.57. The number of carbonyl (C=O) groups excluding carboxylic acids is 2. The molecule has 6 heteroatoms. The lowest BCUT2D eigenvalue weighted by atomic mass is 10.1. The number of halogens is 2. The highest BCUT2D eigenvalue weighted by Gasteiger charge is 2.27. The van der Waals surface area contributed by atoms with Crippen LogP contribution in [0.25, 0.3) is 0 Å². The quantitative estimate of drug-likeness (QED) is 0.545. The zero-order valence-electron chi connectivity index (χ0n) is 18.0. The molecule has 0 saturated carbocycles. The van der Waals surface area contributed by atoms with E-state index in [1.54, 1.807) is 30.0 Å². The van der Waals surface area contributed by atoms with Crippen LogP contribution in [0.15, 0.2) is 42.5 Å². The summed E-state index contributed by atoms with van der Waals surface area (Å²) in [6.07, 6.45) is 1.75. The summed E-state index contributed by atoms with van der Waals surface area (Å²) in [6.45, 7) is 7.99. The van der Waals surface area contributed by atoms with Gasteiger partial charge in [0.2, 0.25) is 11.8 Å². The highest BCUT2D eigenvalue weighted by molar-refractivity contribution is 6.35. The fourth-order valence-electron chi connectivity index (χ4n) is 3.03. The molecule has 162 valence electrons. The second-order valence-electron chi connectivity index (χ2n) is 7.74. The first kappa shape index (κ1) is 24.2. The topological polar surface area (TPSA) is 49.4 Å². The molecule has 2 aromatic rings. The number of amides is 2. The van der Waals surface area contributed by atoms with Crippen LogP contribution < -0.4 is 5.32 Å².